The van der Waals surface area contributed by atoms with Crippen molar-refractivity contribution in [2.45, 2.75) is 37.0 Å². The zero-order chi connectivity index (χ0) is 11.7. The first-order valence-corrected chi connectivity index (χ1v) is 6.80. The van der Waals surface area contributed by atoms with E-state index < -0.39 is 0 Å². The highest BCUT2D eigenvalue weighted by Gasteiger charge is 2.23. The van der Waals surface area contributed by atoms with E-state index in [1.807, 2.05) is 6.07 Å². The van der Waals surface area contributed by atoms with Crippen molar-refractivity contribution < 1.29 is 9.47 Å². The highest BCUT2D eigenvalue weighted by atomic mass is 35.5. The highest BCUT2D eigenvalue weighted by molar-refractivity contribution is 6.20. The van der Waals surface area contributed by atoms with Gasteiger partial charge in [-0.2, -0.15) is 0 Å². The number of ether oxygens (including phenoxy) is 2. The van der Waals surface area contributed by atoms with Crippen LogP contribution in [0.2, 0.25) is 0 Å². The van der Waals surface area contributed by atoms with Gasteiger partial charge in [-0.25, -0.2) is 0 Å². The largest absolute Gasteiger partial charge is 0.486 e. The third-order valence-corrected chi connectivity index (χ3v) is 4.04. The third kappa shape index (κ3) is 2.37. The molecule has 0 spiro atoms. The molecular weight excluding hydrogens is 236 g/mol. The molecule has 1 aliphatic carbocycles. The van der Waals surface area contributed by atoms with Gasteiger partial charge in [0.05, 0.1) is 0 Å². The number of hydrogen-bond acceptors (Lipinski definition) is 2. The summed E-state index contributed by atoms with van der Waals surface area (Å²) in [5.41, 5.74) is 1.35. The number of halogens is 1. The van der Waals surface area contributed by atoms with Crippen LogP contribution in [0.15, 0.2) is 18.2 Å². The number of rotatable bonds is 1. The molecule has 2 atom stereocenters. The van der Waals surface area contributed by atoms with Crippen molar-refractivity contribution in [2.24, 2.45) is 0 Å². The van der Waals surface area contributed by atoms with Crippen molar-refractivity contribution in [1.82, 2.24) is 0 Å². The van der Waals surface area contributed by atoms with Crippen LogP contribution in [0.4, 0.5) is 0 Å². The molecule has 0 bridgehead atoms. The van der Waals surface area contributed by atoms with Crippen molar-refractivity contribution in [3.8, 4) is 11.5 Å². The Morgan fingerprint density at radius 2 is 1.88 bits per heavy atom. The topological polar surface area (TPSA) is 18.5 Å². The number of alkyl halides is 1. The molecule has 0 aromatic heterocycles. The minimum absolute atomic E-state index is 0.335. The summed E-state index contributed by atoms with van der Waals surface area (Å²) >= 11 is 6.25. The van der Waals surface area contributed by atoms with E-state index in [2.05, 4.69) is 12.1 Å². The Morgan fingerprint density at radius 1 is 1.06 bits per heavy atom. The Morgan fingerprint density at radius 3 is 2.71 bits per heavy atom. The van der Waals surface area contributed by atoms with E-state index in [1.165, 1.54) is 18.4 Å². The zero-order valence-electron chi connectivity index (χ0n) is 9.82. The maximum atomic E-state index is 6.25. The lowest BCUT2D eigenvalue weighted by atomic mass is 9.84. The van der Waals surface area contributed by atoms with E-state index in [0.717, 1.165) is 24.3 Å². The summed E-state index contributed by atoms with van der Waals surface area (Å²) < 4.78 is 11.2. The Bertz CT molecular complexity index is 405. The van der Waals surface area contributed by atoms with E-state index in [4.69, 9.17) is 21.1 Å². The van der Waals surface area contributed by atoms with Crippen LogP contribution in [0.5, 0.6) is 11.5 Å². The number of hydrogen-bond donors (Lipinski definition) is 0. The molecule has 17 heavy (non-hydrogen) atoms. The van der Waals surface area contributed by atoms with Gasteiger partial charge in [-0.05, 0) is 42.9 Å². The average molecular weight is 253 g/mol. The molecule has 1 aromatic carbocycles. The summed E-state index contributed by atoms with van der Waals surface area (Å²) in [5, 5.41) is 0.335. The molecule has 2 nitrogen and oxygen atoms in total. The summed E-state index contributed by atoms with van der Waals surface area (Å²) in [4.78, 5) is 0. The Balaban J connectivity index is 1.83. The van der Waals surface area contributed by atoms with Gasteiger partial charge in [-0.15, -0.1) is 11.6 Å². The predicted molar refractivity (Wildman–Crippen MR) is 68.3 cm³/mol. The second-order valence-corrected chi connectivity index (χ2v) is 5.48. The van der Waals surface area contributed by atoms with Gasteiger partial charge in [0.15, 0.2) is 11.5 Å². The lowest BCUT2D eigenvalue weighted by molar-refractivity contribution is 0.171. The first-order chi connectivity index (χ1) is 8.33. The zero-order valence-corrected chi connectivity index (χ0v) is 10.6. The molecule has 1 aromatic rings. The van der Waals surface area contributed by atoms with Crippen LogP contribution >= 0.6 is 11.6 Å². The Labute approximate surface area is 107 Å². The molecule has 1 fully saturated rings. The predicted octanol–water partition coefficient (Wildman–Crippen LogP) is 3.72. The summed E-state index contributed by atoms with van der Waals surface area (Å²) in [6, 6.07) is 6.32. The van der Waals surface area contributed by atoms with Crippen LogP contribution in [0.1, 0.15) is 37.2 Å². The van der Waals surface area contributed by atoms with Crippen molar-refractivity contribution in [3.63, 3.8) is 0 Å². The normalized spacial score (nSPS) is 27.8. The standard InChI is InChI=1S/C14H17ClO2/c15-12-3-1-2-10(8-12)11-4-5-13-14(9-11)17-7-6-16-13/h4-5,9-10,12H,1-3,6-8H2. The fourth-order valence-corrected chi connectivity index (χ4v) is 3.12. The molecule has 0 N–H and O–H groups in total. The van der Waals surface area contributed by atoms with Crippen molar-refractivity contribution in [1.29, 1.82) is 0 Å². The van der Waals surface area contributed by atoms with Gasteiger partial charge in [0, 0.05) is 5.38 Å². The summed E-state index contributed by atoms with van der Waals surface area (Å²) in [7, 11) is 0. The van der Waals surface area contributed by atoms with Gasteiger partial charge in [0.2, 0.25) is 0 Å². The molecule has 2 aliphatic rings. The maximum Gasteiger partial charge on any atom is 0.161 e. The number of benzene rings is 1. The monoisotopic (exact) mass is 252 g/mol. The van der Waals surface area contributed by atoms with Crippen LogP contribution < -0.4 is 9.47 Å². The third-order valence-electron chi connectivity index (χ3n) is 3.65. The summed E-state index contributed by atoms with van der Waals surface area (Å²) in [5.74, 6) is 2.35. The van der Waals surface area contributed by atoms with Crippen LogP contribution in [-0.4, -0.2) is 18.6 Å². The van der Waals surface area contributed by atoms with Gasteiger partial charge in [0.1, 0.15) is 13.2 Å². The van der Waals surface area contributed by atoms with E-state index in [-0.39, 0.29) is 0 Å². The fourth-order valence-electron chi connectivity index (χ4n) is 2.75. The maximum absolute atomic E-state index is 6.25. The summed E-state index contributed by atoms with van der Waals surface area (Å²) in [6.45, 7) is 1.30. The van der Waals surface area contributed by atoms with Gasteiger partial charge in [-0.3, -0.25) is 0 Å². The summed E-state index contributed by atoms with van der Waals surface area (Å²) in [6.07, 6.45) is 4.71. The Hall–Kier alpha value is -0.890. The average Bonchev–Trinajstić information content (AvgIpc) is 2.38. The first-order valence-electron chi connectivity index (χ1n) is 6.36. The molecule has 1 heterocycles. The minimum Gasteiger partial charge on any atom is -0.486 e. The van der Waals surface area contributed by atoms with Crippen LogP contribution in [0.3, 0.4) is 0 Å². The van der Waals surface area contributed by atoms with E-state index in [1.54, 1.807) is 0 Å². The molecule has 1 aliphatic heterocycles. The highest BCUT2D eigenvalue weighted by Crippen LogP contribution is 2.39. The van der Waals surface area contributed by atoms with E-state index >= 15 is 0 Å². The molecule has 1 saturated carbocycles. The molecule has 0 saturated heterocycles. The molecular formula is C14H17ClO2. The second kappa shape index (κ2) is 4.77. The quantitative estimate of drug-likeness (QED) is 0.709. The molecule has 3 rings (SSSR count). The Kier molecular flexibility index (Phi) is 3.15. The van der Waals surface area contributed by atoms with Crippen LogP contribution in [0.25, 0.3) is 0 Å². The first kappa shape index (κ1) is 11.2. The molecule has 2 unspecified atom stereocenters. The van der Waals surface area contributed by atoms with Gasteiger partial charge in [0.25, 0.3) is 0 Å². The molecule has 0 radical (unpaired) electrons. The van der Waals surface area contributed by atoms with E-state index in [9.17, 15) is 0 Å². The van der Waals surface area contributed by atoms with Crippen molar-refractivity contribution in [3.05, 3.63) is 23.8 Å². The van der Waals surface area contributed by atoms with Gasteiger partial charge in [-0.1, -0.05) is 12.5 Å². The van der Waals surface area contributed by atoms with E-state index in [0.29, 0.717) is 24.5 Å². The van der Waals surface area contributed by atoms with Crippen molar-refractivity contribution in [2.75, 3.05) is 13.2 Å². The lowest BCUT2D eigenvalue weighted by Crippen LogP contribution is -2.17. The van der Waals surface area contributed by atoms with Crippen molar-refractivity contribution >= 4 is 11.6 Å². The second-order valence-electron chi connectivity index (χ2n) is 4.86. The molecule has 0 amide bonds. The minimum atomic E-state index is 0.335. The smallest absolute Gasteiger partial charge is 0.161 e. The van der Waals surface area contributed by atoms with Gasteiger partial charge >= 0.3 is 0 Å². The van der Waals surface area contributed by atoms with Crippen LogP contribution in [0, 0.1) is 0 Å². The fraction of sp³-hybridized carbons (Fsp3) is 0.571. The SMILES string of the molecule is ClC1CCCC(c2ccc3c(c2)OCCO3)C1. The molecule has 92 valence electrons. The molecule has 3 heteroatoms. The van der Waals surface area contributed by atoms with Crippen LogP contribution in [-0.2, 0) is 0 Å². The van der Waals surface area contributed by atoms with Gasteiger partial charge < -0.3 is 9.47 Å². The number of fused-ring (bicyclic) bond motifs is 1. The lowest BCUT2D eigenvalue weighted by Gasteiger charge is -2.27.